The Hall–Kier alpha value is -4.01. The number of carbonyl (C=O) groups is 3. The first-order valence-electron chi connectivity index (χ1n) is 8.21. The first-order chi connectivity index (χ1) is 13.9. The van der Waals surface area contributed by atoms with E-state index in [1.807, 2.05) is 0 Å². The lowest BCUT2D eigenvalue weighted by Gasteiger charge is -2.21. The summed E-state index contributed by atoms with van der Waals surface area (Å²) >= 11 is 0. The average Bonchev–Trinajstić information content (AvgIpc) is 2.74. The number of benzene rings is 2. The normalized spacial score (nSPS) is 10.3. The summed E-state index contributed by atoms with van der Waals surface area (Å²) in [6, 6.07) is 8.90. The van der Waals surface area contributed by atoms with Crippen molar-refractivity contribution >= 4 is 23.6 Å². The van der Waals surface area contributed by atoms with Gasteiger partial charge in [-0.1, -0.05) is 0 Å². The number of carbonyl (C=O) groups excluding carboxylic acids is 3. The van der Waals surface area contributed by atoms with Crippen LogP contribution in [0, 0.1) is 11.6 Å². The van der Waals surface area contributed by atoms with Gasteiger partial charge in [-0.05, 0) is 48.5 Å². The summed E-state index contributed by atoms with van der Waals surface area (Å²) in [7, 11) is 1.11. The van der Waals surface area contributed by atoms with Gasteiger partial charge < -0.3 is 4.74 Å². The van der Waals surface area contributed by atoms with Crippen molar-refractivity contribution in [3.8, 4) is 0 Å². The number of nitrogens with zero attached hydrogens (tertiary/aromatic N) is 3. The minimum atomic E-state index is -0.920. The van der Waals surface area contributed by atoms with Gasteiger partial charge in [0.15, 0.2) is 11.5 Å². The average molecular weight is 397 g/mol. The summed E-state index contributed by atoms with van der Waals surface area (Å²) in [5.74, 6) is -4.21. The molecular weight excluding hydrogens is 384 g/mol. The van der Waals surface area contributed by atoms with E-state index in [0.29, 0.717) is 4.90 Å². The molecule has 0 unspecified atom stereocenters. The van der Waals surface area contributed by atoms with Gasteiger partial charge in [-0.25, -0.2) is 28.4 Å². The second-order valence-electron chi connectivity index (χ2n) is 5.68. The molecule has 0 radical (unpaired) electrons. The Kier molecular flexibility index (Phi) is 5.68. The third-order valence-electron chi connectivity index (χ3n) is 3.86. The highest BCUT2D eigenvalue weighted by Gasteiger charge is 2.32. The molecule has 29 heavy (non-hydrogen) atoms. The molecule has 7 nitrogen and oxygen atoms in total. The van der Waals surface area contributed by atoms with Crippen LogP contribution >= 0.6 is 0 Å². The van der Waals surface area contributed by atoms with Crippen LogP contribution in [0.1, 0.15) is 31.2 Å². The predicted octanol–water partition coefficient (Wildman–Crippen LogP) is 3.03. The van der Waals surface area contributed by atoms with Crippen molar-refractivity contribution < 1.29 is 27.9 Å². The second-order valence-corrected chi connectivity index (χ2v) is 5.68. The Morgan fingerprint density at radius 3 is 1.69 bits per heavy atom. The van der Waals surface area contributed by atoms with Crippen LogP contribution in [-0.4, -0.2) is 34.9 Å². The number of anilines is 1. The summed E-state index contributed by atoms with van der Waals surface area (Å²) in [5, 5.41) is 0. The van der Waals surface area contributed by atoms with Crippen molar-refractivity contribution in [2.75, 3.05) is 12.0 Å². The van der Waals surface area contributed by atoms with Gasteiger partial charge in [0, 0.05) is 23.5 Å². The molecule has 0 atom stereocenters. The van der Waals surface area contributed by atoms with E-state index in [4.69, 9.17) is 0 Å². The maximum absolute atomic E-state index is 13.2. The number of amides is 2. The fourth-order valence-corrected chi connectivity index (χ4v) is 2.46. The van der Waals surface area contributed by atoms with Crippen LogP contribution in [-0.2, 0) is 4.74 Å². The first kappa shape index (κ1) is 19.7. The summed E-state index contributed by atoms with van der Waals surface area (Å²) in [4.78, 5) is 46.7. The van der Waals surface area contributed by atoms with E-state index in [0.717, 1.165) is 31.4 Å². The van der Waals surface area contributed by atoms with Crippen LogP contribution in [0.5, 0.6) is 0 Å². The molecule has 0 N–H and O–H groups in total. The second kappa shape index (κ2) is 8.34. The fourth-order valence-electron chi connectivity index (χ4n) is 2.46. The Morgan fingerprint density at radius 1 is 0.793 bits per heavy atom. The number of ether oxygens (including phenoxy) is 1. The highest BCUT2D eigenvalue weighted by molar-refractivity contribution is 6.26. The zero-order valence-electron chi connectivity index (χ0n) is 15.0. The van der Waals surface area contributed by atoms with Crippen LogP contribution in [0.4, 0.5) is 14.6 Å². The number of hydrogen-bond donors (Lipinski definition) is 0. The van der Waals surface area contributed by atoms with Gasteiger partial charge in [0.25, 0.3) is 11.8 Å². The van der Waals surface area contributed by atoms with Gasteiger partial charge in [0.05, 0.1) is 7.11 Å². The van der Waals surface area contributed by atoms with Crippen molar-refractivity contribution in [1.29, 1.82) is 0 Å². The lowest BCUT2D eigenvalue weighted by Crippen LogP contribution is -2.39. The van der Waals surface area contributed by atoms with Crippen LogP contribution in [0.15, 0.2) is 60.9 Å². The molecule has 1 heterocycles. The lowest BCUT2D eigenvalue weighted by molar-refractivity contribution is 0.0594. The molecule has 0 saturated heterocycles. The van der Waals surface area contributed by atoms with Gasteiger partial charge in [-0.3, -0.25) is 9.59 Å². The molecule has 0 aliphatic carbocycles. The molecule has 0 fully saturated rings. The van der Waals surface area contributed by atoms with E-state index in [1.54, 1.807) is 0 Å². The monoisotopic (exact) mass is 397 g/mol. The van der Waals surface area contributed by atoms with Crippen molar-refractivity contribution in [3.63, 3.8) is 0 Å². The van der Waals surface area contributed by atoms with Crippen LogP contribution in [0.25, 0.3) is 0 Å². The third-order valence-corrected chi connectivity index (χ3v) is 3.86. The Bertz CT molecular complexity index is 1010. The SMILES string of the molecule is COC(=O)c1nccnc1N(C(=O)c1ccc(F)cc1)C(=O)c1ccc(F)cc1. The number of halogens is 2. The highest BCUT2D eigenvalue weighted by Crippen LogP contribution is 2.22. The van der Waals surface area contributed by atoms with Crippen molar-refractivity contribution in [2.45, 2.75) is 0 Å². The van der Waals surface area contributed by atoms with Crippen molar-refractivity contribution in [3.05, 3.63) is 89.4 Å². The summed E-state index contributed by atoms with van der Waals surface area (Å²) in [6.07, 6.45) is 2.38. The smallest absolute Gasteiger partial charge is 0.360 e. The number of hydrogen-bond acceptors (Lipinski definition) is 6. The number of methoxy groups -OCH3 is 1. The third kappa shape index (κ3) is 4.13. The summed E-state index contributed by atoms with van der Waals surface area (Å²) < 4.78 is 31.1. The molecule has 0 bridgehead atoms. The minimum absolute atomic E-state index is 0.0386. The zero-order valence-corrected chi connectivity index (χ0v) is 15.0. The standard InChI is InChI=1S/C20H13F2N3O4/c1-29-20(28)16-17(24-11-10-23-16)25(18(26)12-2-6-14(21)7-3-12)19(27)13-4-8-15(22)9-5-13/h2-11H,1H3. The topological polar surface area (TPSA) is 89.5 Å². The molecule has 0 spiro atoms. The zero-order chi connectivity index (χ0) is 21.0. The van der Waals surface area contributed by atoms with E-state index < -0.39 is 29.4 Å². The molecule has 3 rings (SSSR count). The van der Waals surface area contributed by atoms with E-state index in [2.05, 4.69) is 14.7 Å². The molecular formula is C20H13F2N3O4. The van der Waals surface area contributed by atoms with Gasteiger partial charge in [0.1, 0.15) is 11.6 Å². The van der Waals surface area contributed by atoms with E-state index in [-0.39, 0.29) is 22.6 Å². The molecule has 0 aliphatic rings. The van der Waals surface area contributed by atoms with Crippen LogP contribution in [0.3, 0.4) is 0 Å². The number of rotatable bonds is 4. The number of aromatic nitrogens is 2. The molecule has 2 amide bonds. The largest absolute Gasteiger partial charge is 0.464 e. The van der Waals surface area contributed by atoms with Gasteiger partial charge in [-0.15, -0.1) is 0 Å². The number of esters is 1. The van der Waals surface area contributed by atoms with Crippen LogP contribution < -0.4 is 4.90 Å². The minimum Gasteiger partial charge on any atom is -0.464 e. The van der Waals surface area contributed by atoms with Gasteiger partial charge in [-0.2, -0.15) is 0 Å². The predicted molar refractivity (Wildman–Crippen MR) is 97.3 cm³/mol. The highest BCUT2D eigenvalue weighted by atomic mass is 19.1. The summed E-state index contributed by atoms with van der Waals surface area (Å²) in [6.45, 7) is 0. The van der Waals surface area contributed by atoms with E-state index in [9.17, 15) is 23.2 Å². The lowest BCUT2D eigenvalue weighted by atomic mass is 10.1. The Labute approximate surface area is 163 Å². The molecule has 0 aliphatic heterocycles. The van der Waals surface area contributed by atoms with Gasteiger partial charge >= 0.3 is 5.97 Å². The first-order valence-corrected chi connectivity index (χ1v) is 8.21. The molecule has 9 heteroatoms. The molecule has 2 aromatic carbocycles. The summed E-state index contributed by atoms with van der Waals surface area (Å²) in [5.41, 5.74) is -0.451. The molecule has 1 aromatic heterocycles. The molecule has 0 saturated carbocycles. The van der Waals surface area contributed by atoms with Crippen molar-refractivity contribution in [1.82, 2.24) is 9.97 Å². The number of imide groups is 1. The van der Waals surface area contributed by atoms with Crippen molar-refractivity contribution in [2.24, 2.45) is 0 Å². The van der Waals surface area contributed by atoms with E-state index in [1.165, 1.54) is 36.7 Å². The Balaban J connectivity index is 2.15. The maximum Gasteiger partial charge on any atom is 0.360 e. The molecule has 146 valence electrons. The maximum atomic E-state index is 13.2. The van der Waals surface area contributed by atoms with Crippen LogP contribution in [0.2, 0.25) is 0 Å². The Morgan fingerprint density at radius 2 is 1.24 bits per heavy atom. The van der Waals surface area contributed by atoms with E-state index >= 15 is 0 Å². The van der Waals surface area contributed by atoms with Gasteiger partial charge in [0.2, 0.25) is 0 Å². The fraction of sp³-hybridized carbons (Fsp3) is 0.0500. The molecule has 3 aromatic rings. The quantitative estimate of drug-likeness (QED) is 0.497.